The topological polar surface area (TPSA) is 40.5 Å². The van der Waals surface area contributed by atoms with Gasteiger partial charge in [0.1, 0.15) is 0 Å². The summed E-state index contributed by atoms with van der Waals surface area (Å²) in [5.41, 5.74) is 0. The largest absolute Gasteiger partial charge is 0.347 e. The number of rotatable bonds is 1. The average Bonchev–Trinajstić information content (AvgIpc) is 1.88. The molecule has 1 aromatic carbocycles. The Labute approximate surface area is 65.0 Å². The number of hydrogen-bond donors (Lipinski definition) is 2. The van der Waals surface area contributed by atoms with E-state index >= 15 is 0 Å². The maximum atomic E-state index is 8.69. The SMILES string of the molecule is OP(O)c1ccc(Cl)cc1. The van der Waals surface area contributed by atoms with Gasteiger partial charge in [-0.2, -0.15) is 0 Å². The smallest absolute Gasteiger partial charge is 0.199 e. The van der Waals surface area contributed by atoms with Gasteiger partial charge in [-0.1, -0.05) is 11.6 Å². The third-order valence-electron chi connectivity index (χ3n) is 1.06. The monoisotopic (exact) mass is 176 g/mol. The highest BCUT2D eigenvalue weighted by molar-refractivity contribution is 7.54. The third kappa shape index (κ3) is 1.93. The zero-order valence-electron chi connectivity index (χ0n) is 5.03. The van der Waals surface area contributed by atoms with Gasteiger partial charge in [0, 0.05) is 10.3 Å². The van der Waals surface area contributed by atoms with Crippen molar-refractivity contribution in [2.45, 2.75) is 0 Å². The van der Waals surface area contributed by atoms with Crippen molar-refractivity contribution in [3.8, 4) is 0 Å². The normalized spacial score (nSPS) is 10.4. The molecule has 1 aromatic rings. The lowest BCUT2D eigenvalue weighted by Crippen LogP contribution is -1.96. The van der Waals surface area contributed by atoms with Crippen LogP contribution in [0.3, 0.4) is 0 Å². The van der Waals surface area contributed by atoms with Gasteiger partial charge in [-0.25, -0.2) is 0 Å². The minimum Gasteiger partial charge on any atom is -0.347 e. The lowest BCUT2D eigenvalue weighted by Gasteiger charge is -1.99. The van der Waals surface area contributed by atoms with E-state index in [2.05, 4.69) is 0 Å². The second kappa shape index (κ2) is 3.31. The number of benzene rings is 1. The molecular weight excluding hydrogens is 170 g/mol. The lowest BCUT2D eigenvalue weighted by atomic mass is 10.4. The van der Waals surface area contributed by atoms with Crippen molar-refractivity contribution >= 4 is 25.3 Å². The Morgan fingerprint density at radius 2 is 1.60 bits per heavy atom. The van der Waals surface area contributed by atoms with Crippen LogP contribution in [-0.4, -0.2) is 9.79 Å². The van der Waals surface area contributed by atoms with Crippen molar-refractivity contribution in [2.24, 2.45) is 0 Å². The van der Waals surface area contributed by atoms with Crippen LogP contribution in [0.15, 0.2) is 24.3 Å². The quantitative estimate of drug-likeness (QED) is 0.633. The molecule has 0 amide bonds. The van der Waals surface area contributed by atoms with Gasteiger partial charge in [0.05, 0.1) is 0 Å². The summed E-state index contributed by atoms with van der Waals surface area (Å²) in [5, 5.41) is 1.11. The highest BCUT2D eigenvalue weighted by atomic mass is 35.5. The zero-order valence-corrected chi connectivity index (χ0v) is 6.68. The van der Waals surface area contributed by atoms with Crippen LogP contribution in [0.5, 0.6) is 0 Å². The van der Waals surface area contributed by atoms with Crippen molar-refractivity contribution in [2.75, 3.05) is 0 Å². The Kier molecular flexibility index (Phi) is 2.64. The fourth-order valence-corrected chi connectivity index (χ4v) is 1.12. The third-order valence-corrected chi connectivity index (χ3v) is 2.07. The van der Waals surface area contributed by atoms with E-state index in [1.165, 1.54) is 0 Å². The van der Waals surface area contributed by atoms with Crippen LogP contribution in [0.25, 0.3) is 0 Å². The summed E-state index contributed by atoms with van der Waals surface area (Å²) in [5.74, 6) is 0. The van der Waals surface area contributed by atoms with Crippen molar-refractivity contribution < 1.29 is 9.79 Å². The fourth-order valence-electron chi connectivity index (χ4n) is 0.574. The highest BCUT2D eigenvalue weighted by Crippen LogP contribution is 2.22. The second-order valence-electron chi connectivity index (χ2n) is 1.77. The Morgan fingerprint density at radius 1 is 1.10 bits per heavy atom. The molecule has 0 aliphatic heterocycles. The van der Waals surface area contributed by atoms with Crippen LogP contribution in [-0.2, 0) is 0 Å². The minimum absolute atomic E-state index is 0.513. The van der Waals surface area contributed by atoms with Gasteiger partial charge in [0.25, 0.3) is 0 Å². The summed E-state index contributed by atoms with van der Waals surface area (Å²) in [6.07, 6.45) is 0. The van der Waals surface area contributed by atoms with Gasteiger partial charge in [-0.05, 0) is 24.3 Å². The summed E-state index contributed by atoms with van der Waals surface area (Å²) < 4.78 is 0. The number of halogens is 1. The lowest BCUT2D eigenvalue weighted by molar-refractivity contribution is 0.497. The summed E-state index contributed by atoms with van der Waals surface area (Å²) in [6.45, 7) is 0. The highest BCUT2D eigenvalue weighted by Gasteiger charge is 2.00. The molecule has 0 saturated carbocycles. The zero-order chi connectivity index (χ0) is 7.56. The Bertz CT molecular complexity index is 209. The molecular formula is C6H6ClO2P. The van der Waals surface area contributed by atoms with Crippen molar-refractivity contribution in [3.05, 3.63) is 29.3 Å². The summed E-state index contributed by atoms with van der Waals surface area (Å²) in [4.78, 5) is 17.4. The molecule has 0 aliphatic rings. The van der Waals surface area contributed by atoms with E-state index in [1.807, 2.05) is 0 Å². The molecule has 2 nitrogen and oxygen atoms in total. The molecule has 10 heavy (non-hydrogen) atoms. The molecule has 0 spiro atoms. The van der Waals surface area contributed by atoms with Crippen LogP contribution in [0.1, 0.15) is 0 Å². The molecule has 0 atom stereocenters. The van der Waals surface area contributed by atoms with Gasteiger partial charge < -0.3 is 9.79 Å². The first-order valence-corrected chi connectivity index (χ1v) is 4.26. The maximum Gasteiger partial charge on any atom is 0.199 e. The molecule has 0 heterocycles. The fraction of sp³-hybridized carbons (Fsp3) is 0. The van der Waals surface area contributed by atoms with E-state index in [9.17, 15) is 0 Å². The standard InChI is InChI=1S/C6H6ClO2P/c7-5-1-3-6(4-2-5)10(8)9/h1-4,8-9H. The Morgan fingerprint density at radius 3 is 2.00 bits per heavy atom. The van der Waals surface area contributed by atoms with Crippen molar-refractivity contribution in [1.29, 1.82) is 0 Å². The summed E-state index contributed by atoms with van der Waals surface area (Å²) in [6, 6.07) is 6.43. The molecule has 0 bridgehead atoms. The van der Waals surface area contributed by atoms with Crippen LogP contribution in [0.2, 0.25) is 5.02 Å². The molecule has 4 heteroatoms. The first-order chi connectivity index (χ1) is 4.70. The van der Waals surface area contributed by atoms with Gasteiger partial charge in [-0.15, -0.1) is 0 Å². The van der Waals surface area contributed by atoms with Gasteiger partial charge in [-0.3, -0.25) is 0 Å². The Hall–Kier alpha value is -0.140. The van der Waals surface area contributed by atoms with Crippen LogP contribution < -0.4 is 5.30 Å². The van der Waals surface area contributed by atoms with E-state index in [4.69, 9.17) is 21.4 Å². The molecule has 0 saturated heterocycles. The Balaban J connectivity index is 2.89. The predicted molar refractivity (Wildman–Crippen MR) is 42.4 cm³/mol. The van der Waals surface area contributed by atoms with Crippen LogP contribution in [0.4, 0.5) is 0 Å². The van der Waals surface area contributed by atoms with E-state index in [-0.39, 0.29) is 0 Å². The molecule has 0 unspecified atom stereocenters. The first-order valence-electron chi connectivity index (χ1n) is 2.63. The molecule has 0 fully saturated rings. The molecule has 0 radical (unpaired) electrons. The van der Waals surface area contributed by atoms with E-state index in [0.29, 0.717) is 10.3 Å². The molecule has 54 valence electrons. The van der Waals surface area contributed by atoms with E-state index < -0.39 is 8.38 Å². The van der Waals surface area contributed by atoms with E-state index in [1.54, 1.807) is 24.3 Å². The predicted octanol–water partition coefficient (Wildman–Crippen LogP) is 1.26. The van der Waals surface area contributed by atoms with Gasteiger partial charge in [0.2, 0.25) is 0 Å². The van der Waals surface area contributed by atoms with E-state index in [0.717, 1.165) is 0 Å². The molecule has 0 aromatic heterocycles. The van der Waals surface area contributed by atoms with Crippen LogP contribution in [0, 0.1) is 0 Å². The molecule has 2 N–H and O–H groups in total. The number of hydrogen-bond acceptors (Lipinski definition) is 2. The van der Waals surface area contributed by atoms with Crippen molar-refractivity contribution in [3.63, 3.8) is 0 Å². The van der Waals surface area contributed by atoms with Gasteiger partial charge in [0.15, 0.2) is 8.38 Å². The summed E-state index contributed by atoms with van der Waals surface area (Å²) >= 11 is 5.56. The van der Waals surface area contributed by atoms with Crippen molar-refractivity contribution in [1.82, 2.24) is 0 Å². The minimum atomic E-state index is -1.97. The first kappa shape index (κ1) is 7.96. The molecule has 1 rings (SSSR count). The molecule has 0 aliphatic carbocycles. The average molecular weight is 177 g/mol. The second-order valence-corrected chi connectivity index (χ2v) is 3.30. The maximum absolute atomic E-state index is 8.69. The summed E-state index contributed by atoms with van der Waals surface area (Å²) in [7, 11) is -1.97. The van der Waals surface area contributed by atoms with Crippen LogP contribution >= 0.6 is 20.0 Å². The van der Waals surface area contributed by atoms with Gasteiger partial charge >= 0.3 is 0 Å².